The first-order valence-corrected chi connectivity index (χ1v) is 11.0. The maximum Gasteiger partial charge on any atom is 0.262 e. The van der Waals surface area contributed by atoms with Gasteiger partial charge in [-0.1, -0.05) is 60.5 Å². The van der Waals surface area contributed by atoms with Gasteiger partial charge in [0.25, 0.3) is 5.91 Å². The molecule has 0 spiro atoms. The SMILES string of the molecule is C#Cc1ccc(OCC(=O)Nc2cccc(C(=O)c3cccc(OCc4ccccc4)c3)c2)cc1. The van der Waals surface area contributed by atoms with Gasteiger partial charge in [0.15, 0.2) is 12.4 Å². The van der Waals surface area contributed by atoms with Crippen LogP contribution in [0.1, 0.15) is 27.0 Å². The fourth-order valence-corrected chi connectivity index (χ4v) is 3.37. The third-order valence-electron chi connectivity index (χ3n) is 5.14. The highest BCUT2D eigenvalue weighted by Gasteiger charge is 2.12. The van der Waals surface area contributed by atoms with Crippen molar-refractivity contribution in [1.82, 2.24) is 0 Å². The van der Waals surface area contributed by atoms with E-state index in [9.17, 15) is 9.59 Å². The monoisotopic (exact) mass is 461 g/mol. The van der Waals surface area contributed by atoms with Gasteiger partial charge in [0.1, 0.15) is 18.1 Å². The van der Waals surface area contributed by atoms with Gasteiger partial charge in [-0.3, -0.25) is 9.59 Å². The van der Waals surface area contributed by atoms with Crippen molar-refractivity contribution in [1.29, 1.82) is 0 Å². The van der Waals surface area contributed by atoms with Crippen molar-refractivity contribution in [2.75, 3.05) is 11.9 Å². The lowest BCUT2D eigenvalue weighted by atomic mass is 10.0. The number of benzene rings is 4. The number of ketones is 1. The van der Waals surface area contributed by atoms with Crippen molar-refractivity contribution in [3.8, 4) is 23.8 Å². The molecule has 0 fully saturated rings. The smallest absolute Gasteiger partial charge is 0.262 e. The second kappa shape index (κ2) is 11.4. The van der Waals surface area contributed by atoms with Crippen LogP contribution in [0.4, 0.5) is 5.69 Å². The number of ether oxygens (including phenoxy) is 2. The molecule has 5 nitrogen and oxygen atoms in total. The summed E-state index contributed by atoms with van der Waals surface area (Å²) in [5.41, 5.74) is 3.23. The Morgan fingerprint density at radius 1 is 0.743 bits per heavy atom. The van der Waals surface area contributed by atoms with Gasteiger partial charge in [-0.05, 0) is 54.1 Å². The normalized spacial score (nSPS) is 10.1. The summed E-state index contributed by atoms with van der Waals surface area (Å²) in [4.78, 5) is 25.4. The summed E-state index contributed by atoms with van der Waals surface area (Å²) in [6.45, 7) is 0.241. The van der Waals surface area contributed by atoms with Gasteiger partial charge < -0.3 is 14.8 Å². The zero-order chi connectivity index (χ0) is 24.5. The minimum atomic E-state index is -0.341. The number of carbonyl (C=O) groups excluding carboxylic acids is 2. The minimum Gasteiger partial charge on any atom is -0.489 e. The van der Waals surface area contributed by atoms with Crippen LogP contribution < -0.4 is 14.8 Å². The van der Waals surface area contributed by atoms with E-state index < -0.39 is 0 Å². The Hall–Kier alpha value is -4.82. The zero-order valence-electron chi connectivity index (χ0n) is 18.9. The van der Waals surface area contributed by atoms with E-state index in [0.29, 0.717) is 34.9 Å². The number of rotatable bonds is 9. The van der Waals surface area contributed by atoms with Gasteiger partial charge in [0.2, 0.25) is 0 Å². The van der Waals surface area contributed by atoms with Gasteiger partial charge in [-0.25, -0.2) is 0 Å². The van der Waals surface area contributed by atoms with Gasteiger partial charge in [-0.2, -0.15) is 0 Å². The van der Waals surface area contributed by atoms with E-state index >= 15 is 0 Å². The van der Waals surface area contributed by atoms with Crippen molar-refractivity contribution in [2.24, 2.45) is 0 Å². The summed E-state index contributed by atoms with van der Waals surface area (Å²) < 4.78 is 11.3. The molecule has 1 N–H and O–H groups in total. The van der Waals surface area contributed by atoms with Gasteiger partial charge in [-0.15, -0.1) is 6.42 Å². The number of terminal acetylenes is 1. The topological polar surface area (TPSA) is 64.6 Å². The average molecular weight is 462 g/mol. The summed E-state index contributed by atoms with van der Waals surface area (Å²) in [7, 11) is 0. The molecule has 0 atom stereocenters. The molecule has 4 aromatic rings. The maximum atomic E-state index is 13.1. The summed E-state index contributed by atoms with van der Waals surface area (Å²) in [5.74, 6) is 3.16. The molecule has 4 rings (SSSR count). The van der Waals surface area contributed by atoms with E-state index in [1.54, 1.807) is 66.7 Å². The summed E-state index contributed by atoms with van der Waals surface area (Å²) in [6.07, 6.45) is 5.34. The first-order chi connectivity index (χ1) is 17.1. The highest BCUT2D eigenvalue weighted by Crippen LogP contribution is 2.20. The Kier molecular flexibility index (Phi) is 7.57. The number of hydrogen-bond acceptors (Lipinski definition) is 4. The molecule has 1 amide bonds. The molecular formula is C30H23NO4. The third kappa shape index (κ3) is 6.59. The number of carbonyl (C=O) groups is 2. The number of amides is 1. The van der Waals surface area contributed by atoms with Crippen molar-refractivity contribution in [3.63, 3.8) is 0 Å². The minimum absolute atomic E-state index is 0.170. The molecule has 0 aliphatic carbocycles. The van der Waals surface area contributed by atoms with E-state index in [-0.39, 0.29) is 18.3 Å². The van der Waals surface area contributed by atoms with Crippen LogP contribution >= 0.6 is 0 Å². The third-order valence-corrected chi connectivity index (χ3v) is 5.14. The quantitative estimate of drug-likeness (QED) is 0.264. The molecule has 0 aliphatic rings. The Morgan fingerprint density at radius 3 is 2.20 bits per heavy atom. The predicted octanol–water partition coefficient (Wildman–Crippen LogP) is 5.50. The summed E-state index contributed by atoms with van der Waals surface area (Å²) in [5, 5.41) is 2.76. The Labute approximate surface area is 204 Å². The number of anilines is 1. The first kappa shape index (κ1) is 23.3. The lowest BCUT2D eigenvalue weighted by molar-refractivity contribution is -0.118. The molecule has 4 aromatic carbocycles. The van der Waals surface area contributed by atoms with Crippen molar-refractivity contribution in [2.45, 2.75) is 6.61 Å². The van der Waals surface area contributed by atoms with Crippen LogP contribution in [0.2, 0.25) is 0 Å². The highest BCUT2D eigenvalue weighted by atomic mass is 16.5. The van der Waals surface area contributed by atoms with Crippen LogP contribution in [-0.2, 0) is 11.4 Å². The maximum absolute atomic E-state index is 13.1. The van der Waals surface area contributed by atoms with Crippen LogP contribution in [0.3, 0.4) is 0 Å². The molecular weight excluding hydrogens is 438 g/mol. The van der Waals surface area contributed by atoms with Crippen molar-refractivity contribution < 1.29 is 19.1 Å². The predicted molar refractivity (Wildman–Crippen MR) is 136 cm³/mol. The molecule has 0 aromatic heterocycles. The molecule has 0 saturated carbocycles. The molecule has 5 heteroatoms. The average Bonchev–Trinajstić information content (AvgIpc) is 2.91. The van der Waals surface area contributed by atoms with E-state index in [2.05, 4.69) is 11.2 Å². The van der Waals surface area contributed by atoms with E-state index in [4.69, 9.17) is 15.9 Å². The molecule has 0 bridgehead atoms. The van der Waals surface area contributed by atoms with E-state index in [0.717, 1.165) is 11.1 Å². The van der Waals surface area contributed by atoms with Crippen LogP contribution in [-0.4, -0.2) is 18.3 Å². The van der Waals surface area contributed by atoms with Gasteiger partial charge in [0, 0.05) is 22.4 Å². The summed E-state index contributed by atoms with van der Waals surface area (Å²) in [6, 6.07) is 30.6. The molecule has 0 unspecified atom stereocenters. The van der Waals surface area contributed by atoms with Crippen molar-refractivity contribution in [3.05, 3.63) is 125 Å². The number of nitrogens with one attached hydrogen (secondary N) is 1. The fraction of sp³-hybridized carbons (Fsp3) is 0.0667. The van der Waals surface area contributed by atoms with Crippen LogP contribution in [0, 0.1) is 12.3 Å². The first-order valence-electron chi connectivity index (χ1n) is 11.0. The molecule has 0 aliphatic heterocycles. The lowest BCUT2D eigenvalue weighted by Gasteiger charge is -2.10. The molecule has 172 valence electrons. The summed E-state index contributed by atoms with van der Waals surface area (Å²) >= 11 is 0. The van der Waals surface area contributed by atoms with Crippen LogP contribution in [0.5, 0.6) is 11.5 Å². The Balaban J connectivity index is 1.36. The van der Waals surface area contributed by atoms with Gasteiger partial charge in [0.05, 0.1) is 0 Å². The number of hydrogen-bond donors (Lipinski definition) is 1. The van der Waals surface area contributed by atoms with Crippen LogP contribution in [0.25, 0.3) is 0 Å². The molecule has 0 heterocycles. The largest absolute Gasteiger partial charge is 0.489 e. The van der Waals surface area contributed by atoms with E-state index in [1.165, 1.54) is 0 Å². The second-order valence-electron chi connectivity index (χ2n) is 7.72. The fourth-order valence-electron chi connectivity index (χ4n) is 3.37. The van der Waals surface area contributed by atoms with Crippen molar-refractivity contribution >= 4 is 17.4 Å². The zero-order valence-corrected chi connectivity index (χ0v) is 18.9. The molecule has 0 saturated heterocycles. The Morgan fingerprint density at radius 2 is 1.46 bits per heavy atom. The van der Waals surface area contributed by atoms with Crippen LogP contribution in [0.15, 0.2) is 103 Å². The second-order valence-corrected chi connectivity index (χ2v) is 7.72. The standard InChI is InChI=1S/C30H23NO4/c1-2-22-14-16-27(17-15-22)35-21-29(32)31-26-12-6-10-24(18-26)30(33)25-11-7-13-28(19-25)34-20-23-8-4-3-5-9-23/h1,3-19H,20-21H2,(H,31,32). The van der Waals surface area contributed by atoms with E-state index in [1.807, 2.05) is 36.4 Å². The molecule has 0 radical (unpaired) electrons. The van der Waals surface area contributed by atoms with Gasteiger partial charge >= 0.3 is 0 Å². The Bertz CT molecular complexity index is 1360. The lowest BCUT2D eigenvalue weighted by Crippen LogP contribution is -2.20. The molecule has 35 heavy (non-hydrogen) atoms. The highest BCUT2D eigenvalue weighted by molar-refractivity contribution is 6.10.